The van der Waals surface area contributed by atoms with Gasteiger partial charge in [0.15, 0.2) is 0 Å². The summed E-state index contributed by atoms with van der Waals surface area (Å²) in [6, 6.07) is 10.3. The number of nitrogens with zero attached hydrogens (tertiary/aromatic N) is 1. The number of fused-ring (bicyclic) bond motifs is 2. The van der Waals surface area contributed by atoms with Gasteiger partial charge in [0.25, 0.3) is 0 Å². The van der Waals surface area contributed by atoms with E-state index in [9.17, 15) is 0 Å². The molecule has 0 spiro atoms. The second kappa shape index (κ2) is 6.15. The summed E-state index contributed by atoms with van der Waals surface area (Å²) < 4.78 is 0. The van der Waals surface area contributed by atoms with Crippen molar-refractivity contribution in [1.29, 1.82) is 0 Å². The van der Waals surface area contributed by atoms with Gasteiger partial charge in [0.2, 0.25) is 0 Å². The van der Waals surface area contributed by atoms with E-state index < -0.39 is 0 Å². The van der Waals surface area contributed by atoms with Gasteiger partial charge >= 0.3 is 0 Å². The Kier molecular flexibility index (Phi) is 4.51. The van der Waals surface area contributed by atoms with Crippen molar-refractivity contribution < 1.29 is 0 Å². The quantitative estimate of drug-likeness (QED) is 0.853. The highest BCUT2D eigenvalue weighted by molar-refractivity contribution is 7.95. The van der Waals surface area contributed by atoms with Gasteiger partial charge in [0.05, 0.1) is 7.51 Å². The lowest BCUT2D eigenvalue weighted by Crippen LogP contribution is -2.46. The monoisotopic (exact) mass is 312 g/mol. The first-order valence-electron chi connectivity index (χ1n) is 6.84. The van der Waals surface area contributed by atoms with E-state index in [1.54, 1.807) is 0 Å². The molecule has 2 aliphatic heterocycles. The van der Waals surface area contributed by atoms with Gasteiger partial charge in [0, 0.05) is 29.7 Å². The molecular formula is C14H18ClN2PS. The smallest absolute Gasteiger partial charge is 0.0588 e. The highest BCUT2D eigenvalue weighted by atomic mass is 35.5. The Labute approximate surface area is 126 Å². The normalized spacial score (nSPS) is 30.9. The van der Waals surface area contributed by atoms with Crippen LogP contribution in [0.5, 0.6) is 0 Å². The van der Waals surface area contributed by atoms with Gasteiger partial charge in [-0.15, -0.1) is 0 Å². The third-order valence-corrected chi connectivity index (χ3v) is 5.44. The molecule has 1 unspecified atom stereocenters. The van der Waals surface area contributed by atoms with Crippen LogP contribution in [0.25, 0.3) is 0 Å². The fourth-order valence-electron chi connectivity index (χ4n) is 3.51. The van der Waals surface area contributed by atoms with Crippen LogP contribution in [-0.2, 0) is 18.4 Å². The lowest BCUT2D eigenvalue weighted by Gasteiger charge is -2.38. The SMILES string of the molecule is S=PNC1C[C@H]2CC[C@@H](C1)N2Cc1ccc(Cl)cc1. The van der Waals surface area contributed by atoms with Crippen LogP contribution >= 0.6 is 19.1 Å². The summed E-state index contributed by atoms with van der Waals surface area (Å²) in [5.41, 5.74) is 1.37. The average molecular weight is 313 g/mol. The Bertz CT molecular complexity index is 439. The molecule has 2 aliphatic rings. The number of benzene rings is 1. The van der Waals surface area contributed by atoms with Crippen molar-refractivity contribution in [2.24, 2.45) is 0 Å². The summed E-state index contributed by atoms with van der Waals surface area (Å²) >= 11 is 11.0. The molecule has 0 saturated carbocycles. The van der Waals surface area contributed by atoms with Crippen LogP contribution < -0.4 is 5.09 Å². The van der Waals surface area contributed by atoms with Gasteiger partial charge in [-0.05, 0) is 55.2 Å². The first-order valence-corrected chi connectivity index (χ1v) is 9.13. The molecule has 2 nitrogen and oxygen atoms in total. The lowest BCUT2D eigenvalue weighted by atomic mass is 9.97. The van der Waals surface area contributed by atoms with E-state index in [4.69, 9.17) is 23.4 Å². The minimum Gasteiger partial charge on any atom is -0.293 e. The summed E-state index contributed by atoms with van der Waals surface area (Å²) in [7, 11) is 0.904. The molecule has 0 amide bonds. The van der Waals surface area contributed by atoms with Gasteiger partial charge in [-0.2, -0.15) is 0 Å². The van der Waals surface area contributed by atoms with Gasteiger partial charge in [-0.25, -0.2) is 0 Å². The van der Waals surface area contributed by atoms with E-state index in [-0.39, 0.29) is 0 Å². The molecule has 1 aromatic rings. The maximum atomic E-state index is 5.95. The number of hydrogen-bond donors (Lipinski definition) is 1. The Morgan fingerprint density at radius 2 is 1.84 bits per heavy atom. The predicted molar refractivity (Wildman–Crippen MR) is 84.2 cm³/mol. The van der Waals surface area contributed by atoms with E-state index in [2.05, 4.69) is 22.1 Å². The average Bonchev–Trinajstić information content (AvgIpc) is 2.64. The molecule has 2 fully saturated rings. The number of nitrogens with one attached hydrogen (secondary N) is 1. The second-order valence-corrected chi connectivity index (χ2v) is 7.00. The zero-order valence-corrected chi connectivity index (χ0v) is 13.2. The topological polar surface area (TPSA) is 15.3 Å². The van der Waals surface area contributed by atoms with Crippen LogP contribution in [0.15, 0.2) is 24.3 Å². The zero-order valence-electron chi connectivity index (χ0n) is 10.8. The summed E-state index contributed by atoms with van der Waals surface area (Å²) in [6.45, 7) is 1.06. The van der Waals surface area contributed by atoms with Crippen LogP contribution in [0.1, 0.15) is 31.2 Å². The minimum atomic E-state index is 0.623. The minimum absolute atomic E-state index is 0.623. The molecule has 102 valence electrons. The Morgan fingerprint density at radius 1 is 1.21 bits per heavy atom. The van der Waals surface area contributed by atoms with E-state index in [1.807, 2.05) is 12.1 Å². The number of piperidine rings is 1. The maximum absolute atomic E-state index is 5.95. The number of rotatable bonds is 4. The largest absolute Gasteiger partial charge is 0.293 e. The third-order valence-electron chi connectivity index (χ3n) is 4.40. The van der Waals surface area contributed by atoms with Crippen molar-refractivity contribution in [1.82, 2.24) is 9.99 Å². The van der Waals surface area contributed by atoms with E-state index in [0.29, 0.717) is 6.04 Å². The molecule has 0 aliphatic carbocycles. The molecule has 2 bridgehead atoms. The van der Waals surface area contributed by atoms with Gasteiger partial charge < -0.3 is 0 Å². The predicted octanol–water partition coefficient (Wildman–Crippen LogP) is 3.75. The fraction of sp³-hybridized carbons (Fsp3) is 0.571. The van der Waals surface area contributed by atoms with Crippen molar-refractivity contribution in [3.8, 4) is 0 Å². The fourth-order valence-corrected chi connectivity index (χ4v) is 4.45. The summed E-state index contributed by atoms with van der Waals surface area (Å²) in [5.74, 6) is 0. The molecule has 0 radical (unpaired) electrons. The first-order chi connectivity index (χ1) is 9.26. The molecule has 3 atom stereocenters. The van der Waals surface area contributed by atoms with Crippen LogP contribution in [-0.4, -0.2) is 23.0 Å². The van der Waals surface area contributed by atoms with Crippen molar-refractivity contribution in [3.63, 3.8) is 0 Å². The molecule has 2 saturated heterocycles. The van der Waals surface area contributed by atoms with Crippen molar-refractivity contribution in [2.45, 2.75) is 50.4 Å². The molecule has 1 aromatic carbocycles. The Hall–Kier alpha value is -0.0500. The van der Waals surface area contributed by atoms with Gasteiger partial charge in [-0.1, -0.05) is 23.7 Å². The molecular weight excluding hydrogens is 295 g/mol. The number of halogens is 1. The lowest BCUT2D eigenvalue weighted by molar-refractivity contribution is 0.116. The van der Waals surface area contributed by atoms with Crippen molar-refractivity contribution >= 4 is 30.9 Å². The highest BCUT2D eigenvalue weighted by Crippen LogP contribution is 2.37. The Balaban J connectivity index is 1.66. The van der Waals surface area contributed by atoms with E-state index in [0.717, 1.165) is 31.2 Å². The molecule has 0 aromatic heterocycles. The van der Waals surface area contributed by atoms with Gasteiger partial charge in [0.1, 0.15) is 0 Å². The van der Waals surface area contributed by atoms with E-state index in [1.165, 1.54) is 31.2 Å². The van der Waals surface area contributed by atoms with Crippen LogP contribution in [0.4, 0.5) is 0 Å². The standard InChI is InChI=1S/C14H18ClN2PS/c15-11-3-1-10(2-4-11)9-17-13-5-6-14(17)8-12(7-13)16-18-19/h1-4,12-14H,5-9H2,(H,16,19)/t12?,13-,14+. The molecule has 19 heavy (non-hydrogen) atoms. The van der Waals surface area contributed by atoms with Crippen LogP contribution in [0.2, 0.25) is 5.02 Å². The highest BCUT2D eigenvalue weighted by Gasteiger charge is 2.40. The van der Waals surface area contributed by atoms with Gasteiger partial charge in [-0.3, -0.25) is 9.99 Å². The van der Waals surface area contributed by atoms with E-state index >= 15 is 0 Å². The third kappa shape index (κ3) is 3.17. The summed E-state index contributed by atoms with van der Waals surface area (Å²) in [6.07, 6.45) is 5.16. The zero-order chi connectivity index (χ0) is 13.2. The molecule has 1 N–H and O–H groups in total. The Morgan fingerprint density at radius 3 is 2.42 bits per heavy atom. The molecule has 2 heterocycles. The summed E-state index contributed by atoms with van der Waals surface area (Å²) in [4.78, 5) is 2.68. The van der Waals surface area contributed by atoms with Crippen molar-refractivity contribution in [3.05, 3.63) is 34.9 Å². The number of hydrogen-bond acceptors (Lipinski definition) is 2. The first kappa shape index (κ1) is 13.9. The van der Waals surface area contributed by atoms with Crippen molar-refractivity contribution in [2.75, 3.05) is 0 Å². The van der Waals surface area contributed by atoms with Crippen LogP contribution in [0.3, 0.4) is 0 Å². The second-order valence-electron chi connectivity index (χ2n) is 5.57. The molecule has 3 rings (SSSR count). The maximum Gasteiger partial charge on any atom is 0.0588 e. The summed E-state index contributed by atoms with van der Waals surface area (Å²) in [5, 5.41) is 4.24. The molecule has 5 heteroatoms. The van der Waals surface area contributed by atoms with Crippen LogP contribution in [0, 0.1) is 0 Å².